The third-order valence-corrected chi connectivity index (χ3v) is 5.16. The standard InChI is InChI=1S/C21H26N2O5S/c1-16-6-3-4-8-20(16)22-21(24)23(15-19-7-5-13-27-19)14-17-9-11-18(12-10-17)28-29(2,25)26/h3-4,6,8-12,19H,5,7,13-15H2,1-2H3,(H,22,24)/t19-/m0/s1. The Kier molecular flexibility index (Phi) is 6.76. The van der Waals surface area contributed by atoms with Crippen molar-refractivity contribution in [2.45, 2.75) is 32.4 Å². The SMILES string of the molecule is Cc1ccccc1NC(=O)N(Cc1ccc(OS(C)(=O)=O)cc1)C[C@@H]1CCCO1. The molecule has 156 valence electrons. The Morgan fingerprint density at radius 2 is 1.93 bits per heavy atom. The molecule has 29 heavy (non-hydrogen) atoms. The van der Waals surface area contributed by atoms with Gasteiger partial charge in [-0.1, -0.05) is 30.3 Å². The third-order valence-electron chi connectivity index (χ3n) is 4.67. The minimum absolute atomic E-state index is 0.0189. The van der Waals surface area contributed by atoms with Crippen molar-refractivity contribution < 1.29 is 22.1 Å². The van der Waals surface area contributed by atoms with E-state index < -0.39 is 10.1 Å². The average molecular weight is 419 g/mol. The molecule has 1 heterocycles. The van der Waals surface area contributed by atoms with Crippen molar-refractivity contribution in [3.63, 3.8) is 0 Å². The fourth-order valence-electron chi connectivity index (χ4n) is 3.21. The third kappa shape index (κ3) is 6.47. The summed E-state index contributed by atoms with van der Waals surface area (Å²) in [5.74, 6) is 0.242. The molecule has 7 nitrogen and oxygen atoms in total. The molecule has 3 rings (SSSR count). The zero-order chi connectivity index (χ0) is 20.9. The van der Waals surface area contributed by atoms with Gasteiger partial charge in [0.05, 0.1) is 12.4 Å². The molecular weight excluding hydrogens is 392 g/mol. The zero-order valence-corrected chi connectivity index (χ0v) is 17.4. The molecule has 1 aliphatic heterocycles. The van der Waals surface area contributed by atoms with Crippen LogP contribution in [0.5, 0.6) is 5.75 Å². The molecule has 2 aromatic carbocycles. The van der Waals surface area contributed by atoms with Gasteiger partial charge in [-0.05, 0) is 49.1 Å². The maximum Gasteiger partial charge on any atom is 0.322 e. The molecule has 1 N–H and O–H groups in total. The monoisotopic (exact) mass is 418 g/mol. The second-order valence-corrected chi connectivity index (χ2v) is 8.77. The van der Waals surface area contributed by atoms with Crippen LogP contribution in [-0.4, -0.2) is 44.9 Å². The summed E-state index contributed by atoms with van der Waals surface area (Å²) in [7, 11) is -3.57. The highest BCUT2D eigenvalue weighted by Gasteiger charge is 2.23. The van der Waals surface area contributed by atoms with E-state index >= 15 is 0 Å². The Balaban J connectivity index is 1.72. The maximum atomic E-state index is 13.0. The molecule has 0 unspecified atom stereocenters. The molecular formula is C21H26N2O5S. The van der Waals surface area contributed by atoms with E-state index in [0.29, 0.717) is 13.1 Å². The first-order valence-electron chi connectivity index (χ1n) is 9.52. The molecule has 8 heteroatoms. The topological polar surface area (TPSA) is 84.9 Å². The molecule has 2 amide bonds. The van der Waals surface area contributed by atoms with E-state index in [1.807, 2.05) is 31.2 Å². The zero-order valence-electron chi connectivity index (χ0n) is 16.6. The van der Waals surface area contributed by atoms with Gasteiger partial charge < -0.3 is 19.1 Å². The smallest absolute Gasteiger partial charge is 0.322 e. The fourth-order valence-corrected chi connectivity index (χ4v) is 3.67. The number of carbonyl (C=O) groups excluding carboxylic acids is 1. The fraction of sp³-hybridized carbons (Fsp3) is 0.381. The number of carbonyl (C=O) groups is 1. The van der Waals surface area contributed by atoms with Crippen LogP contribution in [0.4, 0.5) is 10.5 Å². The summed E-state index contributed by atoms with van der Waals surface area (Å²) in [6, 6.07) is 14.1. The molecule has 0 saturated carbocycles. The summed E-state index contributed by atoms with van der Waals surface area (Å²) < 4.78 is 33.1. The number of hydrogen-bond donors (Lipinski definition) is 1. The van der Waals surface area contributed by atoms with E-state index in [1.54, 1.807) is 29.2 Å². The largest absolute Gasteiger partial charge is 0.383 e. The van der Waals surface area contributed by atoms with Gasteiger partial charge in [0.2, 0.25) is 0 Å². The first kappa shape index (κ1) is 21.1. The molecule has 1 saturated heterocycles. The maximum absolute atomic E-state index is 13.0. The number of benzene rings is 2. The number of rotatable bonds is 7. The van der Waals surface area contributed by atoms with Crippen LogP contribution in [0.3, 0.4) is 0 Å². The predicted octanol–water partition coefficient (Wildman–Crippen LogP) is 3.55. The Hall–Kier alpha value is -2.58. The molecule has 0 spiro atoms. The van der Waals surface area contributed by atoms with Crippen molar-refractivity contribution in [3.05, 3.63) is 59.7 Å². The second-order valence-electron chi connectivity index (χ2n) is 7.19. The highest BCUT2D eigenvalue weighted by atomic mass is 32.2. The molecule has 0 aromatic heterocycles. The molecule has 1 atom stereocenters. The summed E-state index contributed by atoms with van der Waals surface area (Å²) in [5, 5.41) is 2.97. The first-order chi connectivity index (χ1) is 13.8. The lowest BCUT2D eigenvalue weighted by Crippen LogP contribution is -2.39. The normalized spacial score (nSPS) is 16.4. The van der Waals surface area contributed by atoms with Crippen LogP contribution >= 0.6 is 0 Å². The predicted molar refractivity (Wildman–Crippen MR) is 111 cm³/mol. The van der Waals surface area contributed by atoms with Gasteiger partial charge in [0.15, 0.2) is 0 Å². The van der Waals surface area contributed by atoms with Gasteiger partial charge in [0, 0.05) is 25.4 Å². The van der Waals surface area contributed by atoms with Gasteiger partial charge >= 0.3 is 16.1 Å². The van der Waals surface area contributed by atoms with E-state index in [4.69, 9.17) is 8.92 Å². The van der Waals surface area contributed by atoms with E-state index in [2.05, 4.69) is 5.32 Å². The quantitative estimate of drug-likeness (QED) is 0.695. The molecule has 1 fully saturated rings. The summed E-state index contributed by atoms with van der Waals surface area (Å²) in [4.78, 5) is 14.7. The summed E-state index contributed by atoms with van der Waals surface area (Å²) in [6.07, 6.45) is 2.94. The average Bonchev–Trinajstić information content (AvgIpc) is 3.16. The minimum Gasteiger partial charge on any atom is -0.383 e. The molecule has 0 aliphatic carbocycles. The lowest BCUT2D eigenvalue weighted by Gasteiger charge is -2.26. The number of nitrogens with one attached hydrogen (secondary N) is 1. The Bertz CT molecular complexity index is 938. The van der Waals surface area contributed by atoms with Crippen molar-refractivity contribution in [1.29, 1.82) is 0 Å². The van der Waals surface area contributed by atoms with Crippen molar-refractivity contribution >= 4 is 21.8 Å². The van der Waals surface area contributed by atoms with Crippen molar-refractivity contribution in [3.8, 4) is 5.75 Å². The number of aryl methyl sites for hydroxylation is 1. The van der Waals surface area contributed by atoms with E-state index in [0.717, 1.165) is 42.5 Å². The molecule has 0 bridgehead atoms. The van der Waals surface area contributed by atoms with Gasteiger partial charge in [-0.3, -0.25) is 0 Å². The van der Waals surface area contributed by atoms with Gasteiger partial charge in [-0.2, -0.15) is 8.42 Å². The molecule has 2 aromatic rings. The van der Waals surface area contributed by atoms with Crippen LogP contribution in [0.1, 0.15) is 24.0 Å². The molecule has 0 radical (unpaired) electrons. The highest BCUT2D eigenvalue weighted by Crippen LogP contribution is 2.20. The Morgan fingerprint density at radius 1 is 1.21 bits per heavy atom. The van der Waals surface area contributed by atoms with Crippen LogP contribution in [0.2, 0.25) is 0 Å². The number of para-hydroxylation sites is 1. The van der Waals surface area contributed by atoms with Gasteiger partial charge in [-0.15, -0.1) is 0 Å². The van der Waals surface area contributed by atoms with Crippen LogP contribution in [0.25, 0.3) is 0 Å². The Morgan fingerprint density at radius 3 is 2.55 bits per heavy atom. The summed E-state index contributed by atoms with van der Waals surface area (Å²) in [5.41, 5.74) is 2.62. The van der Waals surface area contributed by atoms with Crippen molar-refractivity contribution in [2.75, 3.05) is 24.7 Å². The number of hydrogen-bond acceptors (Lipinski definition) is 5. The van der Waals surface area contributed by atoms with Gasteiger partial charge in [0.1, 0.15) is 5.75 Å². The number of ether oxygens (including phenoxy) is 1. The highest BCUT2D eigenvalue weighted by molar-refractivity contribution is 7.86. The number of amides is 2. The molecule has 1 aliphatic rings. The van der Waals surface area contributed by atoms with Gasteiger partial charge in [0.25, 0.3) is 0 Å². The van der Waals surface area contributed by atoms with E-state index in [1.165, 1.54) is 0 Å². The lowest BCUT2D eigenvalue weighted by molar-refractivity contribution is 0.0819. The first-order valence-corrected chi connectivity index (χ1v) is 11.3. The van der Waals surface area contributed by atoms with Crippen LogP contribution < -0.4 is 9.50 Å². The van der Waals surface area contributed by atoms with Crippen LogP contribution in [-0.2, 0) is 21.4 Å². The lowest BCUT2D eigenvalue weighted by atomic mass is 10.1. The van der Waals surface area contributed by atoms with E-state index in [-0.39, 0.29) is 17.9 Å². The summed E-state index contributed by atoms with van der Waals surface area (Å²) in [6.45, 7) is 3.52. The van der Waals surface area contributed by atoms with Gasteiger partial charge in [-0.25, -0.2) is 4.79 Å². The van der Waals surface area contributed by atoms with Crippen LogP contribution in [0, 0.1) is 6.92 Å². The van der Waals surface area contributed by atoms with Crippen molar-refractivity contribution in [1.82, 2.24) is 4.90 Å². The van der Waals surface area contributed by atoms with Crippen molar-refractivity contribution in [2.24, 2.45) is 0 Å². The summed E-state index contributed by atoms with van der Waals surface area (Å²) >= 11 is 0. The van der Waals surface area contributed by atoms with E-state index in [9.17, 15) is 13.2 Å². The number of nitrogens with zero attached hydrogens (tertiary/aromatic N) is 1. The minimum atomic E-state index is -3.57. The number of anilines is 1. The number of urea groups is 1. The Labute approximate surface area is 171 Å². The second kappa shape index (κ2) is 9.28. The van der Waals surface area contributed by atoms with Crippen LogP contribution in [0.15, 0.2) is 48.5 Å².